The highest BCUT2D eigenvalue weighted by Crippen LogP contribution is 2.15. The zero-order chi connectivity index (χ0) is 14.4. The number of nitrogens with zero attached hydrogens (tertiary/aromatic N) is 1. The third-order valence-corrected chi connectivity index (χ3v) is 4.50. The molecule has 0 aromatic heterocycles. The highest BCUT2D eigenvalue weighted by molar-refractivity contribution is 8.23. The molecule has 0 bridgehead atoms. The van der Waals surface area contributed by atoms with E-state index in [9.17, 15) is 4.79 Å². The van der Waals surface area contributed by atoms with E-state index >= 15 is 0 Å². The average Bonchev–Trinajstić information content (AvgIpc) is 2.48. The Morgan fingerprint density at radius 1 is 1.35 bits per heavy atom. The molecule has 0 atom stereocenters. The molecule has 1 heterocycles. The van der Waals surface area contributed by atoms with Crippen LogP contribution in [0.25, 0.3) is 0 Å². The van der Waals surface area contributed by atoms with Crippen LogP contribution in [0, 0.1) is 0 Å². The van der Waals surface area contributed by atoms with Crippen LogP contribution in [-0.4, -0.2) is 47.2 Å². The second kappa shape index (κ2) is 7.83. The van der Waals surface area contributed by atoms with Crippen LogP contribution in [0.4, 0.5) is 5.69 Å². The third-order valence-electron chi connectivity index (χ3n) is 2.72. The monoisotopic (exact) mass is 330 g/mol. The van der Waals surface area contributed by atoms with Gasteiger partial charge in [-0.05, 0) is 24.3 Å². The van der Waals surface area contributed by atoms with Gasteiger partial charge in [-0.2, -0.15) is 0 Å². The maximum atomic E-state index is 11.8. The number of amides is 1. The standard InChI is InChI=1S/C13H15ClN2O2S2/c14-10-1-3-11(4-2-10)15-12(17)9-20-13(19)16-5-7-18-8-6-16/h1-4H,5-9H2,(H,15,17). The van der Waals surface area contributed by atoms with Crippen LogP contribution in [0.5, 0.6) is 0 Å². The average molecular weight is 331 g/mol. The maximum Gasteiger partial charge on any atom is 0.234 e. The first kappa shape index (κ1) is 15.6. The fourth-order valence-electron chi connectivity index (χ4n) is 1.69. The summed E-state index contributed by atoms with van der Waals surface area (Å²) in [5.41, 5.74) is 0.734. The number of halogens is 1. The van der Waals surface area contributed by atoms with Crippen LogP contribution in [0.3, 0.4) is 0 Å². The molecule has 0 radical (unpaired) electrons. The van der Waals surface area contributed by atoms with E-state index in [1.807, 2.05) is 0 Å². The molecular formula is C13H15ClN2O2S2. The van der Waals surface area contributed by atoms with Crippen LogP contribution in [0.1, 0.15) is 0 Å². The molecule has 1 aliphatic heterocycles. The number of thiocarbonyl (C=S) groups is 1. The van der Waals surface area contributed by atoms with Gasteiger partial charge in [-0.15, -0.1) is 0 Å². The Balaban J connectivity index is 1.74. The number of hydrogen-bond donors (Lipinski definition) is 1. The lowest BCUT2D eigenvalue weighted by molar-refractivity contribution is -0.113. The van der Waals surface area contributed by atoms with E-state index in [4.69, 9.17) is 28.6 Å². The Morgan fingerprint density at radius 3 is 2.65 bits per heavy atom. The first-order valence-corrected chi connectivity index (χ1v) is 7.97. The highest BCUT2D eigenvalue weighted by Gasteiger charge is 2.15. The lowest BCUT2D eigenvalue weighted by atomic mass is 10.3. The summed E-state index contributed by atoms with van der Waals surface area (Å²) in [6.07, 6.45) is 0. The van der Waals surface area contributed by atoms with E-state index < -0.39 is 0 Å². The number of morpholine rings is 1. The number of nitrogens with one attached hydrogen (secondary N) is 1. The zero-order valence-electron chi connectivity index (χ0n) is 10.8. The van der Waals surface area contributed by atoms with Crippen molar-refractivity contribution >= 4 is 51.5 Å². The molecule has 1 aromatic rings. The van der Waals surface area contributed by atoms with Gasteiger partial charge >= 0.3 is 0 Å². The van der Waals surface area contributed by atoms with Crippen LogP contribution < -0.4 is 5.32 Å². The predicted molar refractivity (Wildman–Crippen MR) is 87.5 cm³/mol. The van der Waals surface area contributed by atoms with Crippen LogP contribution in [-0.2, 0) is 9.53 Å². The molecule has 108 valence electrons. The summed E-state index contributed by atoms with van der Waals surface area (Å²) in [6, 6.07) is 7.02. The van der Waals surface area contributed by atoms with Gasteiger partial charge in [-0.1, -0.05) is 35.6 Å². The smallest absolute Gasteiger partial charge is 0.234 e. The van der Waals surface area contributed by atoms with Gasteiger partial charge in [0.2, 0.25) is 5.91 Å². The summed E-state index contributed by atoms with van der Waals surface area (Å²) in [6.45, 7) is 2.98. The Labute approximate surface area is 132 Å². The Hall–Kier alpha value is -0.820. The van der Waals surface area contributed by atoms with Gasteiger partial charge in [0.15, 0.2) is 0 Å². The van der Waals surface area contributed by atoms with Crippen molar-refractivity contribution in [2.24, 2.45) is 0 Å². The van der Waals surface area contributed by atoms with E-state index in [2.05, 4.69) is 10.2 Å². The van der Waals surface area contributed by atoms with Crippen molar-refractivity contribution in [1.29, 1.82) is 0 Å². The topological polar surface area (TPSA) is 41.6 Å². The van der Waals surface area contributed by atoms with Gasteiger partial charge in [-0.25, -0.2) is 0 Å². The number of carbonyl (C=O) groups excluding carboxylic acids is 1. The molecule has 1 N–H and O–H groups in total. The van der Waals surface area contributed by atoms with E-state index in [0.717, 1.165) is 23.1 Å². The van der Waals surface area contributed by atoms with Crippen LogP contribution in [0.2, 0.25) is 5.02 Å². The summed E-state index contributed by atoms with van der Waals surface area (Å²) < 4.78 is 6.01. The molecule has 0 aliphatic carbocycles. The molecule has 2 rings (SSSR count). The first-order chi connectivity index (χ1) is 9.65. The Morgan fingerprint density at radius 2 is 2.00 bits per heavy atom. The molecular weight excluding hydrogens is 316 g/mol. The van der Waals surface area contributed by atoms with Gasteiger partial charge < -0.3 is 15.0 Å². The van der Waals surface area contributed by atoms with Crippen molar-refractivity contribution in [2.45, 2.75) is 0 Å². The normalized spacial score (nSPS) is 14.9. The van der Waals surface area contributed by atoms with Crippen molar-refractivity contribution in [3.8, 4) is 0 Å². The largest absolute Gasteiger partial charge is 0.378 e. The molecule has 4 nitrogen and oxygen atoms in total. The molecule has 7 heteroatoms. The SMILES string of the molecule is O=C(CSC(=S)N1CCOCC1)Nc1ccc(Cl)cc1. The molecule has 1 saturated heterocycles. The molecule has 20 heavy (non-hydrogen) atoms. The molecule has 1 fully saturated rings. The predicted octanol–water partition coefficient (Wildman–Crippen LogP) is 2.63. The number of benzene rings is 1. The van der Waals surface area contributed by atoms with Gasteiger partial charge in [-0.3, -0.25) is 4.79 Å². The minimum Gasteiger partial charge on any atom is -0.378 e. The summed E-state index contributed by atoms with van der Waals surface area (Å²) in [5, 5.41) is 3.45. The number of anilines is 1. The molecule has 1 aliphatic rings. The summed E-state index contributed by atoms with van der Waals surface area (Å²) in [5.74, 6) is 0.228. The molecule has 1 aromatic carbocycles. The number of hydrogen-bond acceptors (Lipinski definition) is 4. The highest BCUT2D eigenvalue weighted by atomic mass is 35.5. The number of carbonyl (C=O) groups is 1. The van der Waals surface area contributed by atoms with Crippen LogP contribution >= 0.6 is 35.6 Å². The van der Waals surface area contributed by atoms with Crippen molar-refractivity contribution in [1.82, 2.24) is 4.90 Å². The minimum atomic E-state index is -0.0760. The van der Waals surface area contributed by atoms with E-state index in [1.54, 1.807) is 24.3 Å². The first-order valence-electron chi connectivity index (χ1n) is 6.20. The van der Waals surface area contributed by atoms with Gasteiger partial charge in [0, 0.05) is 23.8 Å². The van der Waals surface area contributed by atoms with Gasteiger partial charge in [0.1, 0.15) is 4.32 Å². The fourth-order valence-corrected chi connectivity index (χ4v) is 2.87. The van der Waals surface area contributed by atoms with E-state index in [1.165, 1.54) is 11.8 Å². The summed E-state index contributed by atoms with van der Waals surface area (Å²) in [4.78, 5) is 13.9. The van der Waals surface area contributed by atoms with Crippen molar-refractivity contribution in [3.63, 3.8) is 0 Å². The van der Waals surface area contributed by atoms with Gasteiger partial charge in [0.25, 0.3) is 0 Å². The van der Waals surface area contributed by atoms with Crippen molar-refractivity contribution < 1.29 is 9.53 Å². The Kier molecular flexibility index (Phi) is 6.09. The van der Waals surface area contributed by atoms with E-state index in [-0.39, 0.29) is 5.91 Å². The second-order valence-electron chi connectivity index (χ2n) is 4.21. The summed E-state index contributed by atoms with van der Waals surface area (Å²) in [7, 11) is 0. The fraction of sp³-hybridized carbons (Fsp3) is 0.385. The number of ether oxygens (including phenoxy) is 1. The molecule has 0 spiro atoms. The quantitative estimate of drug-likeness (QED) is 0.863. The molecule has 0 unspecified atom stereocenters. The zero-order valence-corrected chi connectivity index (χ0v) is 13.2. The molecule has 1 amide bonds. The van der Waals surface area contributed by atoms with Crippen LogP contribution in [0.15, 0.2) is 24.3 Å². The Bertz CT molecular complexity index is 476. The second-order valence-corrected chi connectivity index (χ2v) is 6.25. The minimum absolute atomic E-state index is 0.0760. The van der Waals surface area contributed by atoms with Crippen molar-refractivity contribution in [3.05, 3.63) is 29.3 Å². The lowest BCUT2D eigenvalue weighted by Crippen LogP contribution is -2.39. The number of thioether (sulfide) groups is 1. The van der Waals surface area contributed by atoms with E-state index in [0.29, 0.717) is 24.0 Å². The molecule has 0 saturated carbocycles. The summed E-state index contributed by atoms with van der Waals surface area (Å²) >= 11 is 12.5. The number of rotatable bonds is 3. The van der Waals surface area contributed by atoms with Crippen molar-refractivity contribution in [2.75, 3.05) is 37.4 Å². The lowest BCUT2D eigenvalue weighted by Gasteiger charge is -2.28. The third kappa shape index (κ3) is 4.94. The maximum absolute atomic E-state index is 11.8. The van der Waals surface area contributed by atoms with Gasteiger partial charge in [0.05, 0.1) is 19.0 Å².